The van der Waals surface area contributed by atoms with E-state index in [1.165, 1.54) is 5.39 Å². The topological polar surface area (TPSA) is 56.5 Å². The van der Waals surface area contributed by atoms with E-state index in [4.69, 9.17) is 0 Å². The fraction of sp³-hybridized carbons (Fsp3) is 0.0625. The zero-order valence-electron chi connectivity index (χ0n) is 10.9. The second-order valence-electron chi connectivity index (χ2n) is 4.84. The van der Waals surface area contributed by atoms with E-state index in [1.54, 1.807) is 0 Å². The predicted molar refractivity (Wildman–Crippen MR) is 81.7 cm³/mol. The van der Waals surface area contributed by atoms with Crippen molar-refractivity contribution in [2.45, 2.75) is 6.54 Å². The van der Waals surface area contributed by atoms with Crippen LogP contribution in [0.2, 0.25) is 0 Å². The van der Waals surface area contributed by atoms with E-state index in [0.717, 1.165) is 28.2 Å². The van der Waals surface area contributed by atoms with E-state index >= 15 is 0 Å². The number of anilines is 1. The Morgan fingerprint density at radius 3 is 2.55 bits per heavy atom. The molecule has 2 aromatic heterocycles. The van der Waals surface area contributed by atoms with E-state index in [0.29, 0.717) is 6.54 Å². The van der Waals surface area contributed by atoms with E-state index in [9.17, 15) is 0 Å². The van der Waals surface area contributed by atoms with Crippen LogP contribution < -0.4 is 5.32 Å². The third-order valence-corrected chi connectivity index (χ3v) is 3.42. The van der Waals surface area contributed by atoms with E-state index in [2.05, 4.69) is 38.5 Å². The Morgan fingerprint density at radius 2 is 1.70 bits per heavy atom. The maximum absolute atomic E-state index is 4.50. The van der Waals surface area contributed by atoms with Gasteiger partial charge in [-0.05, 0) is 29.7 Å². The summed E-state index contributed by atoms with van der Waals surface area (Å²) in [6, 6.07) is 18.5. The second-order valence-corrected chi connectivity index (χ2v) is 4.84. The zero-order chi connectivity index (χ0) is 13.4. The van der Waals surface area contributed by atoms with Gasteiger partial charge in [0.15, 0.2) is 0 Å². The fourth-order valence-corrected chi connectivity index (χ4v) is 2.44. The standard InChI is InChI=1S/C16H14N4/c1-2-6-13-11(5-1)9-12(18-13)10-17-16-19-14-7-3-4-8-15(14)20-16/h1-9,18H,10H2,(H2,17,19,20). The normalized spacial score (nSPS) is 11.2. The summed E-state index contributed by atoms with van der Waals surface area (Å²) in [6.07, 6.45) is 0. The van der Waals surface area contributed by atoms with Crippen LogP contribution in [0.3, 0.4) is 0 Å². The molecule has 98 valence electrons. The molecule has 4 rings (SSSR count). The maximum atomic E-state index is 4.50. The number of hydrogen-bond donors (Lipinski definition) is 3. The van der Waals surface area contributed by atoms with Crippen molar-refractivity contribution in [2.75, 3.05) is 5.32 Å². The molecule has 0 fully saturated rings. The van der Waals surface area contributed by atoms with Gasteiger partial charge in [0.05, 0.1) is 17.6 Å². The van der Waals surface area contributed by atoms with Crippen LogP contribution in [0.25, 0.3) is 21.9 Å². The molecule has 0 spiro atoms. The largest absolute Gasteiger partial charge is 0.357 e. The van der Waals surface area contributed by atoms with Gasteiger partial charge in [-0.3, -0.25) is 0 Å². The Bertz CT molecular complexity index is 732. The number of benzene rings is 2. The molecule has 2 heterocycles. The third kappa shape index (κ3) is 1.91. The molecule has 0 amide bonds. The summed E-state index contributed by atoms with van der Waals surface area (Å²) < 4.78 is 0. The lowest BCUT2D eigenvalue weighted by molar-refractivity contribution is 1.05. The molecule has 20 heavy (non-hydrogen) atoms. The van der Waals surface area contributed by atoms with Gasteiger partial charge in [0.25, 0.3) is 0 Å². The van der Waals surface area contributed by atoms with Gasteiger partial charge in [-0.2, -0.15) is 0 Å². The molecule has 0 saturated carbocycles. The third-order valence-electron chi connectivity index (χ3n) is 3.42. The minimum Gasteiger partial charge on any atom is -0.357 e. The molecule has 0 unspecified atom stereocenters. The van der Waals surface area contributed by atoms with Gasteiger partial charge in [0.1, 0.15) is 0 Å². The van der Waals surface area contributed by atoms with Crippen molar-refractivity contribution in [3.05, 3.63) is 60.3 Å². The summed E-state index contributed by atoms with van der Waals surface area (Å²) in [5, 5.41) is 4.54. The Balaban J connectivity index is 1.57. The van der Waals surface area contributed by atoms with Crippen LogP contribution in [-0.2, 0) is 6.54 Å². The van der Waals surface area contributed by atoms with Crippen LogP contribution in [0.4, 0.5) is 5.95 Å². The van der Waals surface area contributed by atoms with Crippen LogP contribution in [-0.4, -0.2) is 15.0 Å². The average Bonchev–Trinajstić information content (AvgIpc) is 3.07. The number of H-pyrrole nitrogens is 2. The molecule has 0 bridgehead atoms. The molecule has 3 N–H and O–H groups in total. The number of fused-ring (bicyclic) bond motifs is 2. The van der Waals surface area contributed by atoms with Crippen molar-refractivity contribution < 1.29 is 0 Å². The van der Waals surface area contributed by atoms with Crippen LogP contribution >= 0.6 is 0 Å². The highest BCUT2D eigenvalue weighted by Gasteiger charge is 2.03. The van der Waals surface area contributed by atoms with Gasteiger partial charge < -0.3 is 15.3 Å². The summed E-state index contributed by atoms with van der Waals surface area (Å²) in [5.74, 6) is 0.796. The highest BCUT2D eigenvalue weighted by atomic mass is 15.1. The number of imidazole rings is 1. The Morgan fingerprint density at radius 1 is 0.900 bits per heavy atom. The van der Waals surface area contributed by atoms with Crippen LogP contribution in [0.1, 0.15) is 5.69 Å². The number of nitrogens with one attached hydrogen (secondary N) is 3. The predicted octanol–water partition coefficient (Wildman–Crippen LogP) is 3.66. The van der Waals surface area contributed by atoms with Crippen LogP contribution in [0, 0.1) is 0 Å². The van der Waals surface area contributed by atoms with Crippen molar-refractivity contribution in [3.8, 4) is 0 Å². The van der Waals surface area contributed by atoms with E-state index < -0.39 is 0 Å². The molecule has 0 saturated heterocycles. The summed E-state index contributed by atoms with van der Waals surface area (Å²) in [4.78, 5) is 11.2. The number of rotatable bonds is 3. The summed E-state index contributed by atoms with van der Waals surface area (Å²) >= 11 is 0. The van der Waals surface area contributed by atoms with Crippen LogP contribution in [0.5, 0.6) is 0 Å². The molecule has 0 aliphatic carbocycles. The Labute approximate surface area is 115 Å². The summed E-state index contributed by atoms with van der Waals surface area (Å²) in [6.45, 7) is 0.717. The average molecular weight is 262 g/mol. The van der Waals surface area contributed by atoms with Gasteiger partial charge in [0.2, 0.25) is 5.95 Å². The lowest BCUT2D eigenvalue weighted by Crippen LogP contribution is -2.00. The van der Waals surface area contributed by atoms with Crippen molar-refractivity contribution in [2.24, 2.45) is 0 Å². The Kier molecular flexibility index (Phi) is 2.45. The molecule has 0 aliphatic rings. The first-order valence-corrected chi connectivity index (χ1v) is 6.64. The van der Waals surface area contributed by atoms with Gasteiger partial charge in [0, 0.05) is 11.2 Å². The van der Waals surface area contributed by atoms with Gasteiger partial charge in [-0.15, -0.1) is 0 Å². The number of para-hydroxylation sites is 3. The summed E-state index contributed by atoms with van der Waals surface area (Å²) in [7, 11) is 0. The van der Waals surface area contributed by atoms with Crippen LogP contribution in [0.15, 0.2) is 54.6 Å². The number of aromatic nitrogens is 3. The molecule has 0 atom stereocenters. The van der Waals surface area contributed by atoms with Gasteiger partial charge in [-0.25, -0.2) is 4.98 Å². The number of hydrogen-bond acceptors (Lipinski definition) is 2. The fourth-order valence-electron chi connectivity index (χ4n) is 2.44. The first kappa shape index (κ1) is 11.1. The first-order chi connectivity index (χ1) is 9.88. The smallest absolute Gasteiger partial charge is 0.201 e. The van der Waals surface area contributed by atoms with E-state index in [1.807, 2.05) is 36.4 Å². The first-order valence-electron chi connectivity index (χ1n) is 6.64. The molecule has 0 aliphatic heterocycles. The minimum atomic E-state index is 0.717. The number of aromatic amines is 2. The zero-order valence-corrected chi connectivity index (χ0v) is 10.9. The van der Waals surface area contributed by atoms with Crippen molar-refractivity contribution in [1.82, 2.24) is 15.0 Å². The molecular weight excluding hydrogens is 248 g/mol. The molecule has 4 aromatic rings. The minimum absolute atomic E-state index is 0.717. The highest BCUT2D eigenvalue weighted by molar-refractivity contribution is 5.80. The second kappa shape index (κ2) is 4.42. The van der Waals surface area contributed by atoms with Gasteiger partial charge >= 0.3 is 0 Å². The van der Waals surface area contributed by atoms with Gasteiger partial charge in [-0.1, -0.05) is 30.3 Å². The molecule has 2 aromatic carbocycles. The Hall–Kier alpha value is -2.75. The monoisotopic (exact) mass is 262 g/mol. The highest BCUT2D eigenvalue weighted by Crippen LogP contribution is 2.17. The summed E-state index contributed by atoms with van der Waals surface area (Å²) in [5.41, 5.74) is 4.33. The molecular formula is C16H14N4. The number of nitrogens with zero attached hydrogens (tertiary/aromatic N) is 1. The lowest BCUT2D eigenvalue weighted by atomic mass is 10.2. The van der Waals surface area contributed by atoms with E-state index in [-0.39, 0.29) is 0 Å². The maximum Gasteiger partial charge on any atom is 0.201 e. The molecule has 0 radical (unpaired) electrons. The van der Waals surface area contributed by atoms with Crippen molar-refractivity contribution >= 4 is 27.9 Å². The lowest BCUT2D eigenvalue weighted by Gasteiger charge is -1.99. The quantitative estimate of drug-likeness (QED) is 0.528. The van der Waals surface area contributed by atoms with Crippen molar-refractivity contribution in [3.63, 3.8) is 0 Å². The SMILES string of the molecule is c1ccc2[nH]c(CNc3nc4ccccc4[nH]3)cc2c1. The van der Waals surface area contributed by atoms with Crippen molar-refractivity contribution in [1.29, 1.82) is 0 Å². The molecule has 4 heteroatoms. The molecule has 4 nitrogen and oxygen atoms in total.